The van der Waals surface area contributed by atoms with Gasteiger partial charge in [-0.2, -0.15) is 0 Å². The Kier molecular flexibility index (Phi) is 6.27. The zero-order valence-electron chi connectivity index (χ0n) is 13.8. The molecule has 2 rings (SSSR count). The fraction of sp³-hybridized carbons (Fsp3) is 0.412. The van der Waals surface area contributed by atoms with Crippen LogP contribution in [0.25, 0.3) is 0 Å². The molecule has 1 amide bonds. The second-order valence-electron chi connectivity index (χ2n) is 6.11. The predicted molar refractivity (Wildman–Crippen MR) is 95.2 cm³/mol. The van der Waals surface area contributed by atoms with Crippen LogP contribution in [0.1, 0.15) is 25.1 Å². The fourth-order valence-corrected chi connectivity index (χ4v) is 2.79. The van der Waals surface area contributed by atoms with E-state index in [4.69, 9.17) is 5.73 Å². The van der Waals surface area contributed by atoms with Crippen LogP contribution in [0.3, 0.4) is 0 Å². The number of anilines is 1. The molecule has 0 radical (unpaired) electrons. The molecule has 0 saturated heterocycles. The molecule has 0 aliphatic carbocycles. The van der Waals surface area contributed by atoms with E-state index in [2.05, 4.69) is 33.7 Å². The van der Waals surface area contributed by atoms with Crippen LogP contribution in [0.5, 0.6) is 0 Å². The van der Waals surface area contributed by atoms with E-state index in [1.807, 2.05) is 37.6 Å². The molecule has 0 saturated carbocycles. The summed E-state index contributed by atoms with van der Waals surface area (Å²) in [7, 11) is 2.05. The van der Waals surface area contributed by atoms with Crippen molar-refractivity contribution in [1.29, 1.82) is 0 Å². The molecular formula is C17H24N4OS. The standard InChI is InChI=1S/C17H24N4OS/c1-12(2)16(18)17(22)20-14-6-4-5-13(7-14)8-21(3)9-15-10-23-11-19-15/h4-7,10-12,16H,8-9,18H2,1-3H3,(H,20,22)/t16-/m0/s1. The summed E-state index contributed by atoms with van der Waals surface area (Å²) in [5.74, 6) is -0.0320. The van der Waals surface area contributed by atoms with Crippen molar-refractivity contribution in [2.24, 2.45) is 11.7 Å². The van der Waals surface area contributed by atoms with Crippen molar-refractivity contribution in [1.82, 2.24) is 9.88 Å². The van der Waals surface area contributed by atoms with E-state index in [9.17, 15) is 4.79 Å². The molecule has 23 heavy (non-hydrogen) atoms. The third-order valence-corrected chi connectivity index (χ3v) is 4.22. The number of nitrogens with two attached hydrogens (primary N) is 1. The topological polar surface area (TPSA) is 71.2 Å². The van der Waals surface area contributed by atoms with Gasteiger partial charge in [0.2, 0.25) is 5.91 Å². The van der Waals surface area contributed by atoms with Crippen molar-refractivity contribution in [3.8, 4) is 0 Å². The lowest BCUT2D eigenvalue weighted by molar-refractivity contribution is -0.118. The second-order valence-corrected chi connectivity index (χ2v) is 6.83. The molecular weight excluding hydrogens is 308 g/mol. The number of nitrogens with one attached hydrogen (secondary N) is 1. The summed E-state index contributed by atoms with van der Waals surface area (Å²) in [6, 6.07) is 7.38. The number of nitrogens with zero attached hydrogens (tertiary/aromatic N) is 2. The molecule has 6 heteroatoms. The van der Waals surface area contributed by atoms with Crippen molar-refractivity contribution in [3.63, 3.8) is 0 Å². The number of carbonyl (C=O) groups is 1. The van der Waals surface area contributed by atoms with Crippen LogP contribution >= 0.6 is 11.3 Å². The first-order valence-corrected chi connectivity index (χ1v) is 8.61. The van der Waals surface area contributed by atoms with Gasteiger partial charge in [-0.15, -0.1) is 11.3 Å². The number of carbonyl (C=O) groups excluding carboxylic acids is 1. The molecule has 0 unspecified atom stereocenters. The average Bonchev–Trinajstić information content (AvgIpc) is 2.99. The molecule has 0 spiro atoms. The minimum absolute atomic E-state index is 0.113. The van der Waals surface area contributed by atoms with Crippen LogP contribution in [-0.4, -0.2) is 28.9 Å². The number of rotatable bonds is 7. The lowest BCUT2D eigenvalue weighted by atomic mass is 10.0. The van der Waals surface area contributed by atoms with Gasteiger partial charge in [0.1, 0.15) is 0 Å². The lowest BCUT2D eigenvalue weighted by Crippen LogP contribution is -2.39. The Morgan fingerprint density at radius 2 is 2.17 bits per heavy atom. The molecule has 0 aliphatic rings. The van der Waals surface area contributed by atoms with Crippen LogP contribution in [0.4, 0.5) is 5.69 Å². The second kappa shape index (κ2) is 8.19. The Morgan fingerprint density at radius 3 is 2.83 bits per heavy atom. The molecule has 1 aromatic heterocycles. The summed E-state index contributed by atoms with van der Waals surface area (Å²) in [5, 5.41) is 4.95. The van der Waals surface area contributed by atoms with E-state index in [1.54, 1.807) is 11.3 Å². The van der Waals surface area contributed by atoms with E-state index in [1.165, 1.54) is 0 Å². The molecule has 1 atom stereocenters. The van der Waals surface area contributed by atoms with Gasteiger partial charge in [-0.25, -0.2) is 4.98 Å². The van der Waals surface area contributed by atoms with E-state index >= 15 is 0 Å². The van der Waals surface area contributed by atoms with Gasteiger partial charge in [0.05, 0.1) is 17.2 Å². The van der Waals surface area contributed by atoms with Gasteiger partial charge in [0.25, 0.3) is 0 Å². The predicted octanol–water partition coefficient (Wildman–Crippen LogP) is 2.70. The van der Waals surface area contributed by atoms with Crippen LogP contribution in [-0.2, 0) is 17.9 Å². The number of aromatic nitrogens is 1. The van der Waals surface area contributed by atoms with Gasteiger partial charge in [0.15, 0.2) is 0 Å². The molecule has 0 fully saturated rings. The van der Waals surface area contributed by atoms with Crippen molar-refractivity contribution in [2.75, 3.05) is 12.4 Å². The Bertz CT molecular complexity index is 627. The van der Waals surface area contributed by atoms with Gasteiger partial charge >= 0.3 is 0 Å². The summed E-state index contributed by atoms with van der Waals surface area (Å²) in [6.07, 6.45) is 0. The molecule has 5 nitrogen and oxygen atoms in total. The number of hydrogen-bond acceptors (Lipinski definition) is 5. The first kappa shape index (κ1) is 17.6. The van der Waals surface area contributed by atoms with Crippen molar-refractivity contribution in [3.05, 3.63) is 46.4 Å². The molecule has 1 heterocycles. The molecule has 1 aromatic carbocycles. The van der Waals surface area contributed by atoms with Gasteiger partial charge < -0.3 is 11.1 Å². The van der Waals surface area contributed by atoms with E-state index < -0.39 is 6.04 Å². The zero-order valence-corrected chi connectivity index (χ0v) is 14.6. The maximum absolute atomic E-state index is 12.0. The molecule has 3 N–H and O–H groups in total. The highest BCUT2D eigenvalue weighted by molar-refractivity contribution is 7.07. The van der Waals surface area contributed by atoms with Crippen LogP contribution in [0.15, 0.2) is 35.2 Å². The fourth-order valence-electron chi connectivity index (χ4n) is 2.24. The smallest absolute Gasteiger partial charge is 0.241 e. The minimum atomic E-state index is -0.494. The third kappa shape index (κ3) is 5.42. The van der Waals surface area contributed by atoms with Crippen LogP contribution in [0.2, 0.25) is 0 Å². The van der Waals surface area contributed by atoms with E-state index in [0.717, 1.165) is 30.0 Å². The van der Waals surface area contributed by atoms with Gasteiger partial charge in [-0.3, -0.25) is 9.69 Å². The first-order valence-electron chi connectivity index (χ1n) is 7.66. The molecule has 0 aliphatic heterocycles. The van der Waals surface area contributed by atoms with Gasteiger partial charge in [0, 0.05) is 24.2 Å². The quantitative estimate of drug-likeness (QED) is 0.818. The highest BCUT2D eigenvalue weighted by Crippen LogP contribution is 2.14. The summed E-state index contributed by atoms with van der Waals surface area (Å²) >= 11 is 1.60. The third-order valence-electron chi connectivity index (χ3n) is 3.58. The Hall–Kier alpha value is -1.76. The Morgan fingerprint density at radius 1 is 1.39 bits per heavy atom. The van der Waals surface area contributed by atoms with E-state index in [0.29, 0.717) is 0 Å². The Balaban J connectivity index is 1.95. The normalized spacial score (nSPS) is 12.6. The summed E-state index contributed by atoms with van der Waals surface area (Å²) in [4.78, 5) is 18.5. The largest absolute Gasteiger partial charge is 0.325 e. The van der Waals surface area contributed by atoms with Crippen molar-refractivity contribution < 1.29 is 4.79 Å². The van der Waals surface area contributed by atoms with Gasteiger partial charge in [-0.05, 0) is 30.7 Å². The highest BCUT2D eigenvalue weighted by Gasteiger charge is 2.17. The van der Waals surface area contributed by atoms with Crippen LogP contribution in [0, 0.1) is 5.92 Å². The maximum Gasteiger partial charge on any atom is 0.241 e. The highest BCUT2D eigenvalue weighted by atomic mass is 32.1. The summed E-state index contributed by atoms with van der Waals surface area (Å²) in [6.45, 7) is 5.47. The van der Waals surface area contributed by atoms with Crippen molar-refractivity contribution >= 4 is 22.9 Å². The number of benzene rings is 1. The minimum Gasteiger partial charge on any atom is -0.325 e. The average molecular weight is 332 g/mol. The molecule has 124 valence electrons. The number of thiazole rings is 1. The molecule has 2 aromatic rings. The summed E-state index contributed by atoms with van der Waals surface area (Å²) < 4.78 is 0. The van der Waals surface area contributed by atoms with E-state index in [-0.39, 0.29) is 11.8 Å². The van der Waals surface area contributed by atoms with Crippen LogP contribution < -0.4 is 11.1 Å². The van der Waals surface area contributed by atoms with Gasteiger partial charge in [-0.1, -0.05) is 26.0 Å². The summed E-state index contributed by atoms with van der Waals surface area (Å²) in [5.41, 5.74) is 10.7. The number of amides is 1. The Labute approximate surface area is 141 Å². The number of hydrogen-bond donors (Lipinski definition) is 2. The monoisotopic (exact) mass is 332 g/mol. The maximum atomic E-state index is 12.0. The lowest BCUT2D eigenvalue weighted by Gasteiger charge is -2.17. The molecule has 0 bridgehead atoms. The SMILES string of the molecule is CC(C)[C@H](N)C(=O)Nc1cccc(CN(C)Cc2cscn2)c1. The van der Waals surface area contributed by atoms with Crippen molar-refractivity contribution in [2.45, 2.75) is 33.0 Å². The first-order chi connectivity index (χ1) is 11.0. The zero-order chi connectivity index (χ0) is 16.8.